The molecule has 224 valence electrons. The van der Waals surface area contributed by atoms with E-state index < -0.39 is 42.2 Å². The molecule has 0 saturated heterocycles. The van der Waals surface area contributed by atoms with Gasteiger partial charge in [-0.3, -0.25) is 9.59 Å². The summed E-state index contributed by atoms with van der Waals surface area (Å²) < 4.78 is 93.4. The number of nitrogens with zero attached hydrogens (tertiary/aromatic N) is 8. The molecule has 0 fully saturated rings. The maximum atomic E-state index is 14.0. The lowest BCUT2D eigenvalue weighted by Gasteiger charge is -2.25. The lowest BCUT2D eigenvalue weighted by Crippen LogP contribution is -2.50. The molecule has 0 saturated carbocycles. The van der Waals surface area contributed by atoms with Crippen LogP contribution in [0.3, 0.4) is 0 Å². The molecule has 4 aromatic rings. The van der Waals surface area contributed by atoms with Gasteiger partial charge in [-0.15, -0.1) is 10.2 Å². The number of nitriles is 1. The number of tetrazole rings is 1. The number of rotatable bonds is 8. The van der Waals surface area contributed by atoms with E-state index in [-0.39, 0.29) is 49.4 Å². The highest BCUT2D eigenvalue weighted by atomic mass is 35.5. The fourth-order valence-corrected chi connectivity index (χ4v) is 3.85. The number of aromatic nitrogens is 7. The molecule has 0 aliphatic heterocycles. The molecule has 2 amide bonds. The summed E-state index contributed by atoms with van der Waals surface area (Å²) in [5.41, 5.74) is 4.95. The number of benzene rings is 1. The Morgan fingerprint density at radius 3 is 2.42 bits per heavy atom. The van der Waals surface area contributed by atoms with E-state index in [1.165, 1.54) is 31.3 Å². The van der Waals surface area contributed by atoms with Crippen LogP contribution in [-0.4, -0.2) is 58.9 Å². The molecule has 12 nitrogen and oxygen atoms in total. The number of hydrogen-bond acceptors (Lipinski definition) is 8. The highest BCUT2D eigenvalue weighted by Gasteiger charge is 2.75. The fraction of sp³-hybridized carbons (Fsp3) is 0.217. The van der Waals surface area contributed by atoms with Gasteiger partial charge in [0.25, 0.3) is 17.6 Å². The van der Waals surface area contributed by atoms with Crippen molar-refractivity contribution in [1.82, 2.24) is 35.0 Å². The summed E-state index contributed by atoms with van der Waals surface area (Å²) in [5.74, 6) is -16.6. The van der Waals surface area contributed by atoms with Gasteiger partial charge in [-0.25, -0.2) is 9.67 Å². The summed E-state index contributed by atoms with van der Waals surface area (Å²) in [4.78, 5) is 29.7. The van der Waals surface area contributed by atoms with Crippen molar-refractivity contribution in [3.63, 3.8) is 0 Å². The molecule has 3 heterocycles. The quantitative estimate of drug-likeness (QED) is 0.277. The smallest absolute Gasteiger partial charge is 0.366 e. The van der Waals surface area contributed by atoms with E-state index in [2.05, 4.69) is 30.8 Å². The SMILES string of the molecule is Cc1cc(C#N)cc(C(N)=O)c1NC(=O)c1cc(Cn2nnc(C(F)(F)C(F)(F)C(F)(F)F)n2)nn1-c1ncccc1Cl. The summed E-state index contributed by atoms with van der Waals surface area (Å²) >= 11 is 6.19. The first-order valence-corrected chi connectivity index (χ1v) is 11.8. The molecule has 0 bridgehead atoms. The predicted octanol–water partition coefficient (Wildman–Crippen LogP) is 3.78. The molecule has 0 aliphatic carbocycles. The van der Waals surface area contributed by atoms with E-state index in [4.69, 9.17) is 17.3 Å². The molecule has 0 atom stereocenters. The van der Waals surface area contributed by atoms with E-state index >= 15 is 0 Å². The number of pyridine rings is 1. The van der Waals surface area contributed by atoms with Crippen LogP contribution in [0.15, 0.2) is 36.5 Å². The van der Waals surface area contributed by atoms with E-state index in [1.54, 1.807) is 0 Å². The van der Waals surface area contributed by atoms with Crippen LogP contribution in [0.2, 0.25) is 5.02 Å². The number of alkyl halides is 7. The van der Waals surface area contributed by atoms with Crippen molar-refractivity contribution in [1.29, 1.82) is 5.26 Å². The number of aryl methyl sites for hydroxylation is 1. The van der Waals surface area contributed by atoms with Crippen LogP contribution in [0, 0.1) is 18.3 Å². The van der Waals surface area contributed by atoms with E-state index in [9.17, 15) is 45.6 Å². The second-order valence-electron chi connectivity index (χ2n) is 8.68. The third-order valence-electron chi connectivity index (χ3n) is 5.69. The highest BCUT2D eigenvalue weighted by Crippen LogP contribution is 2.50. The van der Waals surface area contributed by atoms with E-state index in [1.807, 2.05) is 6.07 Å². The van der Waals surface area contributed by atoms with Gasteiger partial charge in [0, 0.05) is 6.20 Å². The fourth-order valence-electron chi connectivity index (χ4n) is 3.65. The zero-order valence-electron chi connectivity index (χ0n) is 21.2. The maximum Gasteiger partial charge on any atom is 0.460 e. The number of nitrogens with two attached hydrogens (primary N) is 1. The predicted molar refractivity (Wildman–Crippen MR) is 131 cm³/mol. The highest BCUT2D eigenvalue weighted by molar-refractivity contribution is 6.32. The average Bonchev–Trinajstić information content (AvgIpc) is 3.57. The van der Waals surface area contributed by atoms with Gasteiger partial charge in [0.15, 0.2) is 5.82 Å². The molecule has 4 rings (SSSR count). The third-order valence-corrected chi connectivity index (χ3v) is 5.98. The number of hydrogen-bond donors (Lipinski definition) is 2. The minimum atomic E-state index is -6.62. The zero-order chi connectivity index (χ0) is 31.9. The number of amides is 2. The molecule has 0 spiro atoms. The molecule has 0 radical (unpaired) electrons. The first kappa shape index (κ1) is 30.8. The average molecular weight is 631 g/mol. The van der Waals surface area contributed by atoms with Gasteiger partial charge >= 0.3 is 18.0 Å². The lowest BCUT2D eigenvalue weighted by atomic mass is 10.0. The standard InChI is InChI=1S/C23H14ClF7N10O2/c1-10-5-11(8-32)6-13(17(33)42)16(10)35-19(43)15-7-12(37-41(15)18-14(24)3-2-4-34-18)9-40-38-20(36-39-40)21(25,26)22(27,28)23(29,30)31/h2-7H,9H2,1H3,(H2,33,42)(H,35,43). The number of carbonyl (C=O) groups excluding carboxylic acids is 2. The number of primary amides is 1. The minimum Gasteiger partial charge on any atom is -0.366 e. The summed E-state index contributed by atoms with van der Waals surface area (Å²) in [6.45, 7) is 0.730. The van der Waals surface area contributed by atoms with Crippen molar-refractivity contribution < 1.29 is 40.3 Å². The van der Waals surface area contributed by atoms with Crippen LogP contribution in [0.25, 0.3) is 5.82 Å². The van der Waals surface area contributed by atoms with Crippen LogP contribution < -0.4 is 11.1 Å². The van der Waals surface area contributed by atoms with E-state index in [0.717, 1.165) is 16.8 Å². The van der Waals surface area contributed by atoms with Gasteiger partial charge in [0.2, 0.25) is 0 Å². The van der Waals surface area contributed by atoms with Crippen LogP contribution >= 0.6 is 11.6 Å². The van der Waals surface area contributed by atoms with Crippen molar-refractivity contribution in [2.75, 3.05) is 5.32 Å². The molecule has 1 aromatic carbocycles. The van der Waals surface area contributed by atoms with Crippen LogP contribution in [0.5, 0.6) is 0 Å². The van der Waals surface area contributed by atoms with Crippen molar-refractivity contribution in [3.05, 3.63) is 75.5 Å². The Hall–Kier alpha value is -5.12. The molecular weight excluding hydrogens is 617 g/mol. The van der Waals surface area contributed by atoms with Crippen LogP contribution in [0.4, 0.5) is 36.4 Å². The Balaban J connectivity index is 1.73. The Kier molecular flexibility index (Phi) is 7.84. The lowest BCUT2D eigenvalue weighted by molar-refractivity contribution is -0.361. The molecule has 0 unspecified atom stereocenters. The summed E-state index contributed by atoms with van der Waals surface area (Å²) in [6.07, 6.45) is -5.33. The van der Waals surface area contributed by atoms with Crippen molar-refractivity contribution >= 4 is 29.1 Å². The molecule has 20 heteroatoms. The summed E-state index contributed by atoms with van der Waals surface area (Å²) in [6, 6.07) is 8.25. The van der Waals surface area contributed by atoms with Crippen molar-refractivity contribution in [3.8, 4) is 11.9 Å². The topological polar surface area (TPSA) is 170 Å². The number of carbonyl (C=O) groups is 2. The zero-order valence-corrected chi connectivity index (χ0v) is 21.9. The van der Waals surface area contributed by atoms with Crippen molar-refractivity contribution in [2.45, 2.75) is 31.5 Å². The number of halogens is 8. The summed E-state index contributed by atoms with van der Waals surface area (Å²) in [5, 5.41) is 24.4. The maximum absolute atomic E-state index is 14.0. The minimum absolute atomic E-state index is 0.0197. The van der Waals surface area contributed by atoms with Crippen LogP contribution in [-0.2, 0) is 12.5 Å². The first-order chi connectivity index (χ1) is 20.0. The monoisotopic (exact) mass is 630 g/mol. The Labute approximate surface area is 239 Å². The van der Waals surface area contributed by atoms with Crippen LogP contribution in [0.1, 0.15) is 43.5 Å². The third kappa shape index (κ3) is 5.68. The summed E-state index contributed by atoms with van der Waals surface area (Å²) in [7, 11) is 0. The molecular formula is C23H14ClF7N10O2. The molecule has 3 N–H and O–H groups in total. The van der Waals surface area contributed by atoms with Gasteiger partial charge < -0.3 is 11.1 Å². The number of nitrogens with one attached hydrogen (secondary N) is 1. The first-order valence-electron chi connectivity index (χ1n) is 11.4. The normalized spacial score (nSPS) is 12.2. The second-order valence-corrected chi connectivity index (χ2v) is 9.08. The van der Waals surface area contributed by atoms with Gasteiger partial charge in [-0.1, -0.05) is 11.6 Å². The Morgan fingerprint density at radius 1 is 1.12 bits per heavy atom. The van der Waals surface area contributed by atoms with Gasteiger partial charge in [-0.2, -0.15) is 45.9 Å². The van der Waals surface area contributed by atoms with Gasteiger partial charge in [0.1, 0.15) is 12.2 Å². The molecule has 3 aromatic heterocycles. The van der Waals surface area contributed by atoms with E-state index in [0.29, 0.717) is 0 Å². The largest absolute Gasteiger partial charge is 0.460 e. The van der Waals surface area contributed by atoms with Gasteiger partial charge in [-0.05, 0) is 48.0 Å². The second kappa shape index (κ2) is 10.9. The molecule has 0 aliphatic rings. The Morgan fingerprint density at radius 2 is 1.81 bits per heavy atom. The molecule has 43 heavy (non-hydrogen) atoms. The van der Waals surface area contributed by atoms with Gasteiger partial charge in [0.05, 0.1) is 33.6 Å². The van der Waals surface area contributed by atoms with Crippen molar-refractivity contribution in [2.24, 2.45) is 5.73 Å². The number of anilines is 1. The Bertz CT molecular complexity index is 1780.